The number of halogens is 3. The van der Waals surface area contributed by atoms with Gasteiger partial charge in [-0.05, 0) is 42.7 Å². The Morgan fingerprint density at radius 2 is 1.84 bits per heavy atom. The number of aromatic nitrogens is 1. The third-order valence-electron chi connectivity index (χ3n) is 5.04. The Hall–Kier alpha value is -2.92. The zero-order valence-corrected chi connectivity index (χ0v) is 17.0. The number of hydrogen-bond acceptors (Lipinski definition) is 6. The van der Waals surface area contributed by atoms with E-state index in [2.05, 4.69) is 4.98 Å². The Kier molecular flexibility index (Phi) is 6.65. The van der Waals surface area contributed by atoms with Crippen LogP contribution in [-0.2, 0) is 20.8 Å². The van der Waals surface area contributed by atoms with E-state index in [0.717, 1.165) is 23.5 Å². The fourth-order valence-corrected chi connectivity index (χ4v) is 5.11. The largest absolute Gasteiger partial charge is 0.433 e. The van der Waals surface area contributed by atoms with Gasteiger partial charge in [-0.15, -0.1) is 0 Å². The minimum atomic E-state index is -4.63. The first-order valence-corrected chi connectivity index (χ1v) is 10.9. The number of carbonyl (C=O) groups excluding carboxylic acids is 1. The maximum absolute atomic E-state index is 12.8. The number of alkyl halides is 3. The van der Waals surface area contributed by atoms with E-state index in [9.17, 15) is 26.4 Å². The van der Waals surface area contributed by atoms with Crippen molar-refractivity contribution >= 4 is 27.5 Å². The lowest BCUT2D eigenvalue weighted by Crippen LogP contribution is -2.39. The van der Waals surface area contributed by atoms with Gasteiger partial charge in [-0.3, -0.25) is 15.0 Å². The summed E-state index contributed by atoms with van der Waals surface area (Å²) in [4.78, 5) is 16.3. The van der Waals surface area contributed by atoms with Gasteiger partial charge in [0.2, 0.25) is 0 Å². The number of pyridine rings is 1. The Bertz CT molecular complexity index is 1060. The summed E-state index contributed by atoms with van der Waals surface area (Å²) in [5.74, 6) is -0.676. The van der Waals surface area contributed by atoms with Crippen molar-refractivity contribution in [1.29, 1.82) is 0 Å². The van der Waals surface area contributed by atoms with Gasteiger partial charge in [0.1, 0.15) is 5.69 Å². The molecular weight excluding hydrogens is 435 g/mol. The van der Waals surface area contributed by atoms with Crippen molar-refractivity contribution in [3.63, 3.8) is 0 Å². The quantitative estimate of drug-likeness (QED) is 0.409. The Labute approximate surface area is 177 Å². The number of amides is 1. The maximum Gasteiger partial charge on any atom is 0.433 e. The standard InChI is InChI=1S/C20H20F3N3O4S/c21-20(22,23)18-7-6-16(13-24-18)31(29,30)15-9-11-26(12-10-15)17-4-2-1-3-14(17)5-8-19(27)25-28/h1-8,13,15,28H,9-12H2,(H,25,27)/b8-5+. The third kappa shape index (κ3) is 5.23. The number of sulfone groups is 1. The Morgan fingerprint density at radius 3 is 2.42 bits per heavy atom. The SMILES string of the molecule is O=C(/C=C/c1ccccc1N1CCC(S(=O)(=O)c2ccc(C(F)(F)F)nc2)CC1)NO. The molecule has 31 heavy (non-hydrogen) atoms. The molecule has 3 rings (SSSR count). The van der Waals surface area contributed by atoms with Crippen LogP contribution in [0, 0.1) is 0 Å². The lowest BCUT2D eigenvalue weighted by Gasteiger charge is -2.34. The molecule has 0 saturated carbocycles. The predicted octanol–water partition coefficient (Wildman–Crippen LogP) is 3.06. The van der Waals surface area contributed by atoms with E-state index in [1.807, 2.05) is 17.0 Å². The number of hydrogen-bond donors (Lipinski definition) is 2. The molecule has 1 aromatic heterocycles. The van der Waals surface area contributed by atoms with Crippen molar-refractivity contribution < 1.29 is 31.6 Å². The van der Waals surface area contributed by atoms with Gasteiger partial charge in [0.05, 0.1) is 10.1 Å². The van der Waals surface area contributed by atoms with Crippen LogP contribution in [0.5, 0.6) is 0 Å². The average molecular weight is 455 g/mol. The van der Waals surface area contributed by atoms with Crippen LogP contribution < -0.4 is 10.4 Å². The second kappa shape index (κ2) is 9.06. The molecule has 0 aliphatic carbocycles. The minimum absolute atomic E-state index is 0.225. The summed E-state index contributed by atoms with van der Waals surface area (Å²) in [5.41, 5.74) is 1.90. The molecule has 1 aliphatic heterocycles. The number of nitrogens with one attached hydrogen (secondary N) is 1. The van der Waals surface area contributed by atoms with Gasteiger partial charge >= 0.3 is 6.18 Å². The summed E-state index contributed by atoms with van der Waals surface area (Å²) in [6, 6.07) is 8.85. The van der Waals surface area contributed by atoms with E-state index in [-0.39, 0.29) is 4.90 Å². The molecule has 1 aliphatic rings. The van der Waals surface area contributed by atoms with Crippen molar-refractivity contribution in [2.24, 2.45) is 0 Å². The zero-order chi connectivity index (χ0) is 22.6. The van der Waals surface area contributed by atoms with Gasteiger partial charge in [0.15, 0.2) is 9.84 Å². The normalized spacial score (nSPS) is 15.9. The second-order valence-corrected chi connectivity index (χ2v) is 9.20. The Balaban J connectivity index is 1.72. The molecule has 166 valence electrons. The molecule has 1 amide bonds. The van der Waals surface area contributed by atoms with E-state index < -0.39 is 32.9 Å². The summed E-state index contributed by atoms with van der Waals surface area (Å²) in [6.45, 7) is 0.823. The number of rotatable bonds is 5. The first kappa shape index (κ1) is 22.8. The molecular formula is C20H20F3N3O4S. The molecule has 0 spiro atoms. The number of anilines is 1. The predicted molar refractivity (Wildman–Crippen MR) is 107 cm³/mol. The van der Waals surface area contributed by atoms with Crippen LogP contribution in [0.1, 0.15) is 24.1 Å². The molecule has 2 heterocycles. The highest BCUT2D eigenvalue weighted by Gasteiger charge is 2.35. The third-order valence-corrected chi connectivity index (χ3v) is 7.29. The highest BCUT2D eigenvalue weighted by molar-refractivity contribution is 7.92. The molecule has 0 bridgehead atoms. The fraction of sp³-hybridized carbons (Fsp3) is 0.300. The number of piperidine rings is 1. The van der Waals surface area contributed by atoms with E-state index in [4.69, 9.17) is 5.21 Å². The Morgan fingerprint density at radius 1 is 1.16 bits per heavy atom. The van der Waals surface area contributed by atoms with Gasteiger partial charge in [0, 0.05) is 31.0 Å². The maximum atomic E-state index is 12.8. The van der Waals surface area contributed by atoms with E-state index >= 15 is 0 Å². The molecule has 0 radical (unpaired) electrons. The van der Waals surface area contributed by atoms with Gasteiger partial charge in [-0.1, -0.05) is 18.2 Å². The lowest BCUT2D eigenvalue weighted by atomic mass is 10.1. The van der Waals surface area contributed by atoms with Gasteiger partial charge in [-0.25, -0.2) is 13.9 Å². The van der Waals surface area contributed by atoms with Crippen LogP contribution in [0.3, 0.4) is 0 Å². The minimum Gasteiger partial charge on any atom is -0.371 e. The number of carbonyl (C=O) groups is 1. The summed E-state index contributed by atoms with van der Waals surface area (Å²) in [5, 5.41) is 7.88. The van der Waals surface area contributed by atoms with Gasteiger partial charge in [-0.2, -0.15) is 13.2 Å². The highest BCUT2D eigenvalue weighted by atomic mass is 32.2. The van der Waals surface area contributed by atoms with E-state index in [0.29, 0.717) is 32.0 Å². The summed E-state index contributed by atoms with van der Waals surface area (Å²) < 4.78 is 63.7. The van der Waals surface area contributed by atoms with Crippen LogP contribution in [0.2, 0.25) is 0 Å². The summed E-state index contributed by atoms with van der Waals surface area (Å²) in [7, 11) is -3.82. The zero-order valence-electron chi connectivity index (χ0n) is 16.2. The molecule has 0 unspecified atom stereocenters. The van der Waals surface area contributed by atoms with Crippen molar-refractivity contribution in [1.82, 2.24) is 10.5 Å². The molecule has 11 heteroatoms. The van der Waals surface area contributed by atoms with Crippen LogP contribution in [-0.4, -0.2) is 42.9 Å². The van der Waals surface area contributed by atoms with Crippen LogP contribution in [0.15, 0.2) is 53.6 Å². The highest BCUT2D eigenvalue weighted by Crippen LogP contribution is 2.31. The van der Waals surface area contributed by atoms with Crippen LogP contribution in [0.25, 0.3) is 6.08 Å². The molecule has 0 atom stereocenters. The molecule has 7 nitrogen and oxygen atoms in total. The van der Waals surface area contributed by atoms with E-state index in [1.165, 1.54) is 17.6 Å². The molecule has 1 fully saturated rings. The molecule has 1 saturated heterocycles. The average Bonchev–Trinajstić information content (AvgIpc) is 2.77. The number of benzene rings is 1. The monoisotopic (exact) mass is 455 g/mol. The van der Waals surface area contributed by atoms with Gasteiger partial charge < -0.3 is 4.90 Å². The van der Waals surface area contributed by atoms with E-state index in [1.54, 1.807) is 12.1 Å². The van der Waals surface area contributed by atoms with Crippen molar-refractivity contribution in [2.45, 2.75) is 29.2 Å². The number of hydroxylamine groups is 1. The summed E-state index contributed by atoms with van der Waals surface area (Å²) in [6.07, 6.45) is -0.577. The molecule has 2 aromatic rings. The van der Waals surface area contributed by atoms with Crippen molar-refractivity contribution in [3.05, 3.63) is 59.9 Å². The van der Waals surface area contributed by atoms with Crippen molar-refractivity contribution in [2.75, 3.05) is 18.0 Å². The van der Waals surface area contributed by atoms with Crippen LogP contribution >= 0.6 is 0 Å². The topological polar surface area (TPSA) is 99.6 Å². The smallest absolute Gasteiger partial charge is 0.371 e. The van der Waals surface area contributed by atoms with Crippen molar-refractivity contribution in [3.8, 4) is 0 Å². The fourth-order valence-electron chi connectivity index (χ4n) is 3.43. The van der Waals surface area contributed by atoms with Crippen LogP contribution in [0.4, 0.5) is 18.9 Å². The second-order valence-electron chi connectivity index (χ2n) is 6.98. The summed E-state index contributed by atoms with van der Waals surface area (Å²) >= 11 is 0. The number of para-hydroxylation sites is 1. The number of nitrogens with zero attached hydrogens (tertiary/aromatic N) is 2. The molecule has 1 aromatic carbocycles. The molecule has 2 N–H and O–H groups in total. The lowest BCUT2D eigenvalue weighted by molar-refractivity contribution is -0.141. The first-order chi connectivity index (χ1) is 14.6. The van der Waals surface area contributed by atoms with Gasteiger partial charge in [0.25, 0.3) is 5.91 Å². The first-order valence-electron chi connectivity index (χ1n) is 9.36.